The summed E-state index contributed by atoms with van der Waals surface area (Å²) in [7, 11) is 5.67. The lowest BCUT2D eigenvalue weighted by Crippen LogP contribution is -2.40. The van der Waals surface area contributed by atoms with E-state index in [0.717, 1.165) is 12.0 Å². The number of hydrogen-bond acceptors (Lipinski definition) is 4. The van der Waals surface area contributed by atoms with Crippen molar-refractivity contribution in [2.75, 3.05) is 26.0 Å². The normalized spacial score (nSPS) is 12.0. The molecule has 2 aromatic rings. The van der Waals surface area contributed by atoms with Gasteiger partial charge in [0.1, 0.15) is 0 Å². The average molecular weight is 343 g/mol. The molecule has 1 atom stereocenters. The highest BCUT2D eigenvalue weighted by atomic mass is 16.2. The van der Waals surface area contributed by atoms with Crippen LogP contribution in [0.1, 0.15) is 24.1 Å². The van der Waals surface area contributed by atoms with E-state index in [1.807, 2.05) is 44.4 Å². The van der Waals surface area contributed by atoms with Crippen LogP contribution in [-0.2, 0) is 23.1 Å². The van der Waals surface area contributed by atoms with Gasteiger partial charge in [0.2, 0.25) is 0 Å². The summed E-state index contributed by atoms with van der Waals surface area (Å²) in [5.41, 5.74) is 2.75. The minimum Gasteiger partial charge on any atom is -0.346 e. The number of rotatable bonds is 6. The molecule has 7 heteroatoms. The summed E-state index contributed by atoms with van der Waals surface area (Å²) in [4.78, 5) is 26.1. The Hall–Kier alpha value is -2.67. The first kappa shape index (κ1) is 18.7. The number of likely N-dealkylation sites (N-methyl/N-ethyl adjacent to an activating group) is 1. The number of aromatic nitrogens is 2. The fourth-order valence-electron chi connectivity index (χ4n) is 2.49. The Morgan fingerprint density at radius 2 is 1.88 bits per heavy atom. The van der Waals surface area contributed by atoms with Crippen LogP contribution in [0.2, 0.25) is 0 Å². The minimum absolute atomic E-state index is 0.0608. The van der Waals surface area contributed by atoms with Gasteiger partial charge in [-0.05, 0) is 38.2 Å². The van der Waals surface area contributed by atoms with Crippen molar-refractivity contribution in [3.8, 4) is 0 Å². The highest BCUT2D eigenvalue weighted by Crippen LogP contribution is 2.16. The smallest absolute Gasteiger partial charge is 0.313 e. The third-order valence-electron chi connectivity index (χ3n) is 4.02. The van der Waals surface area contributed by atoms with Crippen LogP contribution >= 0.6 is 0 Å². The molecule has 25 heavy (non-hydrogen) atoms. The Bertz CT molecular complexity index is 721. The molecule has 1 heterocycles. The lowest BCUT2D eigenvalue weighted by molar-refractivity contribution is -0.136. The first-order valence-electron chi connectivity index (χ1n) is 8.23. The van der Waals surface area contributed by atoms with Gasteiger partial charge in [-0.15, -0.1) is 0 Å². The largest absolute Gasteiger partial charge is 0.346 e. The monoisotopic (exact) mass is 343 g/mol. The Kier molecular flexibility index (Phi) is 6.30. The Morgan fingerprint density at radius 1 is 1.20 bits per heavy atom. The topological polar surface area (TPSA) is 79.3 Å². The van der Waals surface area contributed by atoms with E-state index < -0.39 is 11.8 Å². The number of carbonyl (C=O) groups excluding carboxylic acids is 2. The Morgan fingerprint density at radius 3 is 2.40 bits per heavy atom. The first-order chi connectivity index (χ1) is 11.9. The molecular formula is C18H25N5O2. The Balaban J connectivity index is 1.92. The average Bonchev–Trinajstić information content (AvgIpc) is 3.01. The number of amides is 2. The van der Waals surface area contributed by atoms with Crippen molar-refractivity contribution < 1.29 is 9.59 Å². The zero-order valence-corrected chi connectivity index (χ0v) is 15.1. The molecule has 0 radical (unpaired) electrons. The summed E-state index contributed by atoms with van der Waals surface area (Å²) >= 11 is 0. The van der Waals surface area contributed by atoms with Gasteiger partial charge in [-0.2, -0.15) is 5.10 Å². The highest BCUT2D eigenvalue weighted by molar-refractivity contribution is 6.39. The number of aryl methyl sites for hydroxylation is 2. The third-order valence-corrected chi connectivity index (χ3v) is 4.02. The fraction of sp³-hybridized carbons (Fsp3) is 0.389. The molecule has 0 aliphatic rings. The second kappa shape index (κ2) is 8.43. The first-order valence-corrected chi connectivity index (χ1v) is 8.23. The molecule has 1 aromatic carbocycles. The molecule has 0 unspecified atom stereocenters. The van der Waals surface area contributed by atoms with Crippen LogP contribution in [-0.4, -0.2) is 47.1 Å². The van der Waals surface area contributed by atoms with Crippen molar-refractivity contribution >= 4 is 17.5 Å². The maximum atomic E-state index is 12.1. The summed E-state index contributed by atoms with van der Waals surface area (Å²) in [6.45, 7) is 2.38. The number of nitrogens with zero attached hydrogens (tertiary/aromatic N) is 3. The van der Waals surface area contributed by atoms with E-state index in [1.54, 1.807) is 23.0 Å². The zero-order chi connectivity index (χ0) is 18.4. The number of nitrogens with one attached hydrogen (secondary N) is 2. The van der Waals surface area contributed by atoms with E-state index in [4.69, 9.17) is 0 Å². The second-order valence-electron chi connectivity index (χ2n) is 6.14. The molecule has 0 saturated carbocycles. The number of hydrogen-bond donors (Lipinski definition) is 2. The predicted molar refractivity (Wildman–Crippen MR) is 97.1 cm³/mol. The molecule has 2 N–H and O–H groups in total. The maximum absolute atomic E-state index is 12.1. The summed E-state index contributed by atoms with van der Waals surface area (Å²) in [5.74, 6) is -1.33. The summed E-state index contributed by atoms with van der Waals surface area (Å²) in [5, 5.41) is 9.44. The molecular weight excluding hydrogens is 318 g/mol. The van der Waals surface area contributed by atoms with Crippen molar-refractivity contribution in [3.05, 3.63) is 47.8 Å². The molecule has 1 aromatic heterocycles. The molecule has 0 bridgehead atoms. The van der Waals surface area contributed by atoms with Gasteiger partial charge in [0.25, 0.3) is 0 Å². The van der Waals surface area contributed by atoms with Crippen molar-refractivity contribution in [1.82, 2.24) is 20.0 Å². The number of carbonyl (C=O) groups is 2. The molecule has 0 aliphatic heterocycles. The highest BCUT2D eigenvalue weighted by Gasteiger charge is 2.19. The van der Waals surface area contributed by atoms with Gasteiger partial charge < -0.3 is 15.5 Å². The van der Waals surface area contributed by atoms with Gasteiger partial charge in [-0.25, -0.2) is 0 Å². The standard InChI is InChI=1S/C18H25N5O2/c1-5-13-6-8-15(9-7-13)21-18(25)17(24)19-11-16(22(2)3)14-10-20-23(4)12-14/h6-10,12,16H,5,11H2,1-4H3,(H,19,24)(H,21,25)/t16-/m1/s1. The van der Waals surface area contributed by atoms with Gasteiger partial charge in [0.05, 0.1) is 12.2 Å². The van der Waals surface area contributed by atoms with Gasteiger partial charge in [0.15, 0.2) is 0 Å². The van der Waals surface area contributed by atoms with Gasteiger partial charge in [-0.1, -0.05) is 19.1 Å². The van der Waals surface area contributed by atoms with Crippen LogP contribution in [0.5, 0.6) is 0 Å². The summed E-state index contributed by atoms with van der Waals surface area (Å²) in [6.07, 6.45) is 4.58. The molecule has 134 valence electrons. The molecule has 0 spiro atoms. The molecule has 2 amide bonds. The van der Waals surface area contributed by atoms with E-state index in [9.17, 15) is 9.59 Å². The van der Waals surface area contributed by atoms with E-state index in [2.05, 4.69) is 22.7 Å². The lowest BCUT2D eigenvalue weighted by Gasteiger charge is -2.23. The summed E-state index contributed by atoms with van der Waals surface area (Å²) < 4.78 is 1.71. The van der Waals surface area contributed by atoms with Crippen LogP contribution < -0.4 is 10.6 Å². The van der Waals surface area contributed by atoms with Crippen molar-refractivity contribution in [1.29, 1.82) is 0 Å². The fourth-order valence-corrected chi connectivity index (χ4v) is 2.49. The van der Waals surface area contributed by atoms with Crippen LogP contribution in [0.3, 0.4) is 0 Å². The molecule has 7 nitrogen and oxygen atoms in total. The zero-order valence-electron chi connectivity index (χ0n) is 15.1. The number of benzene rings is 1. The van der Waals surface area contributed by atoms with E-state index in [0.29, 0.717) is 12.2 Å². The van der Waals surface area contributed by atoms with Crippen LogP contribution in [0, 0.1) is 0 Å². The van der Waals surface area contributed by atoms with Crippen LogP contribution in [0.25, 0.3) is 0 Å². The van der Waals surface area contributed by atoms with Crippen LogP contribution in [0.4, 0.5) is 5.69 Å². The van der Waals surface area contributed by atoms with Crippen molar-refractivity contribution in [3.63, 3.8) is 0 Å². The SMILES string of the molecule is CCc1ccc(NC(=O)C(=O)NC[C@H](c2cnn(C)c2)N(C)C)cc1. The predicted octanol–water partition coefficient (Wildman–Crippen LogP) is 1.34. The third kappa shape index (κ3) is 5.15. The molecule has 2 rings (SSSR count). The lowest BCUT2D eigenvalue weighted by atomic mass is 10.1. The quantitative estimate of drug-likeness (QED) is 0.776. The molecule has 0 saturated heterocycles. The Labute approximate surface area is 148 Å². The van der Waals surface area contributed by atoms with Crippen LogP contribution in [0.15, 0.2) is 36.7 Å². The minimum atomic E-state index is -0.673. The van der Waals surface area contributed by atoms with E-state index in [-0.39, 0.29) is 6.04 Å². The van der Waals surface area contributed by atoms with Crippen molar-refractivity contribution in [2.24, 2.45) is 7.05 Å². The van der Waals surface area contributed by atoms with Crippen molar-refractivity contribution in [2.45, 2.75) is 19.4 Å². The second-order valence-corrected chi connectivity index (χ2v) is 6.14. The molecule has 0 aliphatic carbocycles. The van der Waals surface area contributed by atoms with E-state index in [1.165, 1.54) is 5.56 Å². The number of anilines is 1. The van der Waals surface area contributed by atoms with Gasteiger partial charge in [-0.3, -0.25) is 14.3 Å². The van der Waals surface area contributed by atoms with Gasteiger partial charge in [0, 0.05) is 31.0 Å². The van der Waals surface area contributed by atoms with Gasteiger partial charge >= 0.3 is 11.8 Å². The maximum Gasteiger partial charge on any atom is 0.313 e. The van der Waals surface area contributed by atoms with E-state index >= 15 is 0 Å². The summed E-state index contributed by atoms with van der Waals surface area (Å²) in [6, 6.07) is 7.38. The molecule has 0 fully saturated rings.